The Labute approximate surface area is 129 Å². The molecule has 22 heavy (non-hydrogen) atoms. The van der Waals surface area contributed by atoms with Crippen molar-refractivity contribution in [3.63, 3.8) is 0 Å². The van der Waals surface area contributed by atoms with E-state index < -0.39 is 0 Å². The zero-order valence-corrected chi connectivity index (χ0v) is 12.8. The van der Waals surface area contributed by atoms with Gasteiger partial charge >= 0.3 is 0 Å². The summed E-state index contributed by atoms with van der Waals surface area (Å²) in [5, 5.41) is 3.87. The highest BCUT2D eigenvalue weighted by molar-refractivity contribution is 5.95. The number of carbonyl (C=O) groups is 1. The fourth-order valence-electron chi connectivity index (χ4n) is 2.01. The van der Waals surface area contributed by atoms with Crippen molar-refractivity contribution in [2.75, 3.05) is 7.11 Å². The van der Waals surface area contributed by atoms with Gasteiger partial charge in [-0.05, 0) is 38.1 Å². The van der Waals surface area contributed by atoms with Crippen molar-refractivity contribution in [3.05, 3.63) is 59.1 Å². The van der Waals surface area contributed by atoms with Crippen LogP contribution in [0, 0.1) is 13.8 Å². The molecule has 1 aromatic heterocycles. The van der Waals surface area contributed by atoms with Crippen LogP contribution in [0.5, 0.6) is 5.75 Å². The molecule has 0 aliphatic carbocycles. The number of amides is 1. The Bertz CT molecular complexity index is 714. The average molecular weight is 298 g/mol. The van der Waals surface area contributed by atoms with E-state index in [0.717, 1.165) is 11.3 Å². The lowest BCUT2D eigenvalue weighted by Gasteiger charge is -2.02. The summed E-state index contributed by atoms with van der Waals surface area (Å²) >= 11 is 0. The predicted molar refractivity (Wildman–Crippen MR) is 86.2 cm³/mol. The number of benzene rings is 1. The molecule has 1 N–H and O–H groups in total. The molecule has 1 heterocycles. The summed E-state index contributed by atoms with van der Waals surface area (Å²) in [7, 11) is 1.62. The first-order chi connectivity index (χ1) is 10.6. The smallest absolute Gasteiger partial charge is 0.274 e. The standard InChI is InChI=1S/C17H18N2O3/c1-12-11-15(13(2)22-12)17(20)19-18-10-6-8-14-7-4-5-9-16(14)21-3/h4-11H,1-3H3,(H,19,20)/b8-6+,18-10+. The van der Waals surface area contributed by atoms with Crippen molar-refractivity contribution in [2.24, 2.45) is 5.10 Å². The molecule has 5 heteroatoms. The Morgan fingerprint density at radius 1 is 1.32 bits per heavy atom. The van der Waals surface area contributed by atoms with Gasteiger partial charge in [0.25, 0.3) is 5.91 Å². The first-order valence-corrected chi connectivity index (χ1v) is 6.82. The zero-order chi connectivity index (χ0) is 15.9. The number of aryl methyl sites for hydroxylation is 2. The van der Waals surface area contributed by atoms with Crippen LogP contribution in [0.15, 0.2) is 45.9 Å². The molecule has 0 radical (unpaired) electrons. The van der Waals surface area contributed by atoms with E-state index in [-0.39, 0.29) is 5.91 Å². The molecule has 1 aromatic carbocycles. The van der Waals surface area contributed by atoms with E-state index in [0.29, 0.717) is 17.1 Å². The first-order valence-electron chi connectivity index (χ1n) is 6.82. The SMILES string of the molecule is COc1ccccc1/C=C/C=N/NC(=O)c1cc(C)oc1C. The number of hydrogen-bond donors (Lipinski definition) is 1. The van der Waals surface area contributed by atoms with Gasteiger partial charge in [0.1, 0.15) is 17.3 Å². The summed E-state index contributed by atoms with van der Waals surface area (Å²) < 4.78 is 10.5. The van der Waals surface area contributed by atoms with Crippen LogP contribution >= 0.6 is 0 Å². The second kappa shape index (κ2) is 7.26. The third-order valence-electron chi connectivity index (χ3n) is 3.03. The Kier molecular flexibility index (Phi) is 5.14. The summed E-state index contributed by atoms with van der Waals surface area (Å²) in [4.78, 5) is 11.9. The summed E-state index contributed by atoms with van der Waals surface area (Å²) in [5.41, 5.74) is 3.88. The van der Waals surface area contributed by atoms with E-state index in [9.17, 15) is 4.79 Å². The van der Waals surface area contributed by atoms with Crippen molar-refractivity contribution in [2.45, 2.75) is 13.8 Å². The number of ether oxygens (including phenoxy) is 1. The fourth-order valence-corrected chi connectivity index (χ4v) is 2.01. The van der Waals surface area contributed by atoms with Gasteiger partial charge in [0, 0.05) is 11.8 Å². The van der Waals surface area contributed by atoms with E-state index in [4.69, 9.17) is 9.15 Å². The van der Waals surface area contributed by atoms with E-state index >= 15 is 0 Å². The number of allylic oxidation sites excluding steroid dienone is 1. The van der Waals surface area contributed by atoms with Gasteiger partial charge in [0.2, 0.25) is 0 Å². The highest BCUT2D eigenvalue weighted by Gasteiger charge is 2.12. The first kappa shape index (κ1) is 15.6. The molecule has 0 saturated heterocycles. The Morgan fingerprint density at radius 2 is 2.09 bits per heavy atom. The van der Waals surface area contributed by atoms with Crippen molar-refractivity contribution in [1.29, 1.82) is 0 Å². The molecule has 2 rings (SSSR count). The van der Waals surface area contributed by atoms with Crippen LogP contribution in [0.3, 0.4) is 0 Å². The Hall–Kier alpha value is -2.82. The molecule has 114 valence electrons. The Balaban J connectivity index is 1.94. The van der Waals surface area contributed by atoms with Crippen LogP contribution in [0.4, 0.5) is 0 Å². The largest absolute Gasteiger partial charge is 0.496 e. The molecule has 0 spiro atoms. The van der Waals surface area contributed by atoms with Crippen molar-refractivity contribution in [3.8, 4) is 5.75 Å². The van der Waals surface area contributed by atoms with E-state index in [2.05, 4.69) is 10.5 Å². The van der Waals surface area contributed by atoms with Gasteiger partial charge in [0.05, 0.1) is 12.7 Å². The van der Waals surface area contributed by atoms with Gasteiger partial charge in [-0.1, -0.05) is 18.2 Å². The Morgan fingerprint density at radius 3 is 2.77 bits per heavy atom. The van der Waals surface area contributed by atoms with Crippen LogP contribution < -0.4 is 10.2 Å². The maximum absolute atomic E-state index is 11.9. The van der Waals surface area contributed by atoms with Crippen LogP contribution in [0.1, 0.15) is 27.4 Å². The van der Waals surface area contributed by atoms with E-state index in [1.165, 1.54) is 6.21 Å². The van der Waals surface area contributed by atoms with Gasteiger partial charge in [0.15, 0.2) is 0 Å². The lowest BCUT2D eigenvalue weighted by molar-refractivity contribution is 0.0953. The van der Waals surface area contributed by atoms with Crippen molar-refractivity contribution >= 4 is 18.2 Å². The normalized spacial score (nSPS) is 11.2. The molecule has 0 saturated carbocycles. The number of carbonyl (C=O) groups excluding carboxylic acids is 1. The fraction of sp³-hybridized carbons (Fsp3) is 0.176. The number of nitrogens with one attached hydrogen (secondary N) is 1. The zero-order valence-electron chi connectivity index (χ0n) is 12.8. The van der Waals surface area contributed by atoms with E-state index in [1.54, 1.807) is 33.1 Å². The lowest BCUT2D eigenvalue weighted by Crippen LogP contribution is -2.17. The third kappa shape index (κ3) is 3.85. The molecule has 5 nitrogen and oxygen atoms in total. The summed E-state index contributed by atoms with van der Waals surface area (Å²) in [6, 6.07) is 9.32. The maximum Gasteiger partial charge on any atom is 0.274 e. The molecule has 0 atom stereocenters. The van der Waals surface area contributed by atoms with Gasteiger partial charge in [-0.3, -0.25) is 4.79 Å². The molecular formula is C17H18N2O3. The number of hydrazone groups is 1. The van der Waals surface area contributed by atoms with Crippen LogP contribution in [-0.4, -0.2) is 19.2 Å². The number of rotatable bonds is 5. The second-order valence-corrected chi connectivity index (χ2v) is 4.65. The highest BCUT2D eigenvalue weighted by Crippen LogP contribution is 2.18. The molecule has 0 fully saturated rings. The van der Waals surface area contributed by atoms with Crippen molar-refractivity contribution in [1.82, 2.24) is 5.43 Å². The summed E-state index contributed by atoms with van der Waals surface area (Å²) in [6.07, 6.45) is 5.08. The monoisotopic (exact) mass is 298 g/mol. The van der Waals surface area contributed by atoms with Crippen LogP contribution in [-0.2, 0) is 0 Å². The number of nitrogens with zero attached hydrogens (tertiary/aromatic N) is 1. The minimum absolute atomic E-state index is 0.295. The van der Waals surface area contributed by atoms with Crippen LogP contribution in [0.2, 0.25) is 0 Å². The lowest BCUT2D eigenvalue weighted by atomic mass is 10.2. The number of para-hydroxylation sites is 1. The third-order valence-corrected chi connectivity index (χ3v) is 3.03. The average Bonchev–Trinajstić information content (AvgIpc) is 2.86. The summed E-state index contributed by atoms with van der Waals surface area (Å²) in [5.74, 6) is 1.76. The highest BCUT2D eigenvalue weighted by atomic mass is 16.5. The van der Waals surface area contributed by atoms with Gasteiger partial charge in [-0.25, -0.2) is 5.43 Å². The topological polar surface area (TPSA) is 63.8 Å². The molecule has 2 aromatic rings. The van der Waals surface area contributed by atoms with Gasteiger partial charge in [-0.2, -0.15) is 5.10 Å². The maximum atomic E-state index is 11.9. The van der Waals surface area contributed by atoms with E-state index in [1.807, 2.05) is 30.3 Å². The molecule has 0 bridgehead atoms. The molecule has 1 amide bonds. The molecule has 0 unspecified atom stereocenters. The minimum atomic E-state index is -0.295. The van der Waals surface area contributed by atoms with Crippen molar-refractivity contribution < 1.29 is 13.9 Å². The second-order valence-electron chi connectivity index (χ2n) is 4.65. The number of hydrogen-bond acceptors (Lipinski definition) is 4. The van der Waals surface area contributed by atoms with Gasteiger partial charge in [-0.15, -0.1) is 0 Å². The molecular weight excluding hydrogens is 280 g/mol. The molecule has 0 aliphatic heterocycles. The summed E-state index contributed by atoms with van der Waals surface area (Å²) in [6.45, 7) is 3.54. The van der Waals surface area contributed by atoms with Gasteiger partial charge < -0.3 is 9.15 Å². The predicted octanol–water partition coefficient (Wildman–Crippen LogP) is 3.33. The quantitative estimate of drug-likeness (QED) is 0.680. The van der Waals surface area contributed by atoms with Crippen LogP contribution in [0.25, 0.3) is 6.08 Å². The number of furan rings is 1. The minimum Gasteiger partial charge on any atom is -0.496 e. The number of methoxy groups -OCH3 is 1. The molecule has 0 aliphatic rings.